The molecule has 0 aliphatic heterocycles. The molecule has 1 aromatic carbocycles. The van der Waals surface area contributed by atoms with E-state index in [2.05, 4.69) is 4.98 Å². The fraction of sp³-hybridized carbons (Fsp3) is 0.200. The maximum atomic E-state index is 13.8. The molecule has 5 heteroatoms. The van der Waals surface area contributed by atoms with Crippen LogP contribution >= 0.6 is 0 Å². The first kappa shape index (κ1) is 14.0. The van der Waals surface area contributed by atoms with Crippen molar-refractivity contribution in [3.63, 3.8) is 0 Å². The van der Waals surface area contributed by atoms with E-state index < -0.39 is 11.8 Å². The molecular formula is C15H15FN2O2. The van der Waals surface area contributed by atoms with Crippen LogP contribution in [-0.2, 0) is 11.2 Å². The Morgan fingerprint density at radius 2 is 2.20 bits per heavy atom. The van der Waals surface area contributed by atoms with Crippen LogP contribution in [-0.4, -0.2) is 17.6 Å². The maximum Gasteiger partial charge on any atom is 0.341 e. The third-order valence-corrected chi connectivity index (χ3v) is 2.81. The number of hydrogen-bond donors (Lipinski definition) is 1. The van der Waals surface area contributed by atoms with Gasteiger partial charge in [-0.2, -0.15) is 0 Å². The predicted molar refractivity (Wildman–Crippen MR) is 73.8 cm³/mol. The van der Waals surface area contributed by atoms with Gasteiger partial charge in [0.25, 0.3) is 0 Å². The van der Waals surface area contributed by atoms with Crippen molar-refractivity contribution in [2.24, 2.45) is 0 Å². The van der Waals surface area contributed by atoms with E-state index in [1.165, 1.54) is 12.1 Å². The van der Waals surface area contributed by atoms with Crippen molar-refractivity contribution in [2.45, 2.75) is 13.3 Å². The summed E-state index contributed by atoms with van der Waals surface area (Å²) in [5, 5.41) is 0. The number of hydrogen-bond acceptors (Lipinski definition) is 4. The number of aromatic nitrogens is 1. The highest BCUT2D eigenvalue weighted by Crippen LogP contribution is 2.18. The third kappa shape index (κ3) is 3.32. The predicted octanol–water partition coefficient (Wildman–Crippen LogP) is 2.51. The quantitative estimate of drug-likeness (QED) is 0.687. The van der Waals surface area contributed by atoms with E-state index in [-0.39, 0.29) is 12.2 Å². The number of carbonyl (C=O) groups is 1. The fourth-order valence-electron chi connectivity index (χ4n) is 1.82. The van der Waals surface area contributed by atoms with Crippen molar-refractivity contribution in [2.75, 3.05) is 12.3 Å². The van der Waals surface area contributed by atoms with E-state index >= 15 is 0 Å². The van der Waals surface area contributed by atoms with Crippen molar-refractivity contribution >= 4 is 11.7 Å². The Kier molecular flexibility index (Phi) is 4.30. The summed E-state index contributed by atoms with van der Waals surface area (Å²) in [6, 6.07) is 8.25. The molecule has 2 rings (SSSR count). The molecule has 2 aromatic rings. The van der Waals surface area contributed by atoms with Crippen LogP contribution < -0.4 is 5.73 Å². The van der Waals surface area contributed by atoms with Crippen LogP contribution in [0.5, 0.6) is 0 Å². The summed E-state index contributed by atoms with van der Waals surface area (Å²) in [5.41, 5.74) is 6.93. The van der Waals surface area contributed by atoms with Gasteiger partial charge < -0.3 is 10.5 Å². The lowest BCUT2D eigenvalue weighted by molar-refractivity contribution is 0.0503. The van der Waals surface area contributed by atoms with Gasteiger partial charge >= 0.3 is 5.97 Å². The molecule has 0 radical (unpaired) electrons. The van der Waals surface area contributed by atoms with Crippen molar-refractivity contribution in [1.82, 2.24) is 4.98 Å². The average Bonchev–Trinajstić information content (AvgIpc) is 2.44. The van der Waals surface area contributed by atoms with Gasteiger partial charge in [0.15, 0.2) is 0 Å². The molecule has 0 atom stereocenters. The lowest BCUT2D eigenvalue weighted by atomic mass is 10.1. The van der Waals surface area contributed by atoms with Gasteiger partial charge in [0.2, 0.25) is 0 Å². The molecule has 4 nitrogen and oxygen atoms in total. The zero-order valence-electron chi connectivity index (χ0n) is 11.1. The van der Waals surface area contributed by atoms with Gasteiger partial charge in [-0.1, -0.05) is 6.07 Å². The molecule has 0 unspecified atom stereocenters. The van der Waals surface area contributed by atoms with E-state index in [1.807, 2.05) is 12.1 Å². The van der Waals surface area contributed by atoms with Crippen LogP contribution in [0.3, 0.4) is 0 Å². The van der Waals surface area contributed by atoms with Crippen LogP contribution in [0, 0.1) is 12.7 Å². The number of anilines is 1. The molecule has 0 fully saturated rings. The molecule has 0 aliphatic rings. The Bertz CT molecular complexity index is 615. The number of nitrogens with two attached hydrogens (primary N) is 1. The normalized spacial score (nSPS) is 10.3. The SMILES string of the molecule is Cc1cc(N)cc(C(=O)OCCc2ccccn2)c1F. The summed E-state index contributed by atoms with van der Waals surface area (Å²) in [6.45, 7) is 1.69. The molecule has 1 heterocycles. The molecule has 0 aliphatic carbocycles. The number of rotatable bonds is 4. The van der Waals surface area contributed by atoms with Gasteiger partial charge in [0.1, 0.15) is 5.82 Å². The van der Waals surface area contributed by atoms with Gasteiger partial charge in [-0.15, -0.1) is 0 Å². The van der Waals surface area contributed by atoms with Gasteiger partial charge in [-0.3, -0.25) is 4.98 Å². The minimum Gasteiger partial charge on any atom is -0.462 e. The summed E-state index contributed by atoms with van der Waals surface area (Å²) in [6.07, 6.45) is 2.15. The highest BCUT2D eigenvalue weighted by molar-refractivity contribution is 5.91. The molecular weight excluding hydrogens is 259 g/mol. The van der Waals surface area contributed by atoms with Gasteiger partial charge in [0, 0.05) is 24.0 Å². The monoisotopic (exact) mass is 274 g/mol. The zero-order valence-corrected chi connectivity index (χ0v) is 11.1. The number of carbonyl (C=O) groups excluding carboxylic acids is 1. The number of nitrogens with zero attached hydrogens (tertiary/aromatic N) is 1. The van der Waals surface area contributed by atoms with Crippen LogP contribution in [0.2, 0.25) is 0 Å². The Morgan fingerprint density at radius 3 is 2.90 bits per heavy atom. The largest absolute Gasteiger partial charge is 0.462 e. The Hall–Kier alpha value is -2.43. The van der Waals surface area contributed by atoms with Crippen LogP contribution in [0.1, 0.15) is 21.6 Å². The number of esters is 1. The minimum atomic E-state index is -0.714. The second kappa shape index (κ2) is 6.14. The van der Waals surface area contributed by atoms with Crippen molar-refractivity contribution in [1.29, 1.82) is 0 Å². The van der Waals surface area contributed by atoms with E-state index in [9.17, 15) is 9.18 Å². The van der Waals surface area contributed by atoms with Crippen LogP contribution in [0.15, 0.2) is 36.5 Å². The number of ether oxygens (including phenoxy) is 1. The minimum absolute atomic E-state index is 0.136. The topological polar surface area (TPSA) is 65.2 Å². The lowest BCUT2D eigenvalue weighted by Gasteiger charge is -2.08. The number of nitrogen functional groups attached to an aromatic ring is 1. The number of aryl methyl sites for hydroxylation is 1. The standard InChI is InChI=1S/C15H15FN2O2/c1-10-8-11(17)9-13(14(10)16)15(19)20-7-5-12-4-2-3-6-18-12/h2-4,6,8-9H,5,7,17H2,1H3. The Morgan fingerprint density at radius 1 is 1.40 bits per heavy atom. The second-order valence-corrected chi connectivity index (χ2v) is 4.41. The second-order valence-electron chi connectivity index (χ2n) is 4.41. The number of benzene rings is 1. The number of pyridine rings is 1. The van der Waals surface area contributed by atoms with Crippen LogP contribution in [0.25, 0.3) is 0 Å². The first-order chi connectivity index (χ1) is 9.58. The summed E-state index contributed by atoms with van der Waals surface area (Å²) < 4.78 is 18.9. The van der Waals surface area contributed by atoms with E-state index in [0.29, 0.717) is 17.7 Å². The average molecular weight is 274 g/mol. The summed E-state index contributed by atoms with van der Waals surface area (Å²) >= 11 is 0. The van der Waals surface area contributed by atoms with E-state index in [0.717, 1.165) is 5.69 Å². The fourth-order valence-corrected chi connectivity index (χ4v) is 1.82. The summed E-state index contributed by atoms with van der Waals surface area (Å²) in [7, 11) is 0. The maximum absolute atomic E-state index is 13.8. The summed E-state index contributed by atoms with van der Waals surface area (Å²) in [4.78, 5) is 15.9. The van der Waals surface area contributed by atoms with Gasteiger partial charge in [0.05, 0.1) is 12.2 Å². The molecule has 2 N–H and O–H groups in total. The zero-order chi connectivity index (χ0) is 14.5. The smallest absolute Gasteiger partial charge is 0.341 e. The molecule has 104 valence electrons. The van der Waals surface area contributed by atoms with Crippen molar-refractivity contribution < 1.29 is 13.9 Å². The van der Waals surface area contributed by atoms with Crippen molar-refractivity contribution in [3.05, 3.63) is 59.2 Å². The number of halogens is 1. The van der Waals surface area contributed by atoms with Gasteiger partial charge in [-0.25, -0.2) is 9.18 Å². The molecule has 0 bridgehead atoms. The Balaban J connectivity index is 1.99. The molecule has 0 saturated heterocycles. The highest BCUT2D eigenvalue weighted by Gasteiger charge is 2.16. The lowest BCUT2D eigenvalue weighted by Crippen LogP contribution is -2.12. The molecule has 1 aromatic heterocycles. The molecule has 0 amide bonds. The van der Waals surface area contributed by atoms with E-state index in [1.54, 1.807) is 19.2 Å². The summed E-state index contributed by atoms with van der Waals surface area (Å²) in [5.74, 6) is -1.31. The third-order valence-electron chi connectivity index (χ3n) is 2.81. The first-order valence-electron chi connectivity index (χ1n) is 6.20. The Labute approximate surface area is 116 Å². The first-order valence-corrected chi connectivity index (χ1v) is 6.20. The molecule has 20 heavy (non-hydrogen) atoms. The molecule has 0 saturated carbocycles. The highest BCUT2D eigenvalue weighted by atomic mass is 19.1. The van der Waals surface area contributed by atoms with Crippen molar-refractivity contribution in [3.8, 4) is 0 Å². The molecule has 0 spiro atoms. The van der Waals surface area contributed by atoms with E-state index in [4.69, 9.17) is 10.5 Å². The van der Waals surface area contributed by atoms with Crippen LogP contribution in [0.4, 0.5) is 10.1 Å². The van der Waals surface area contributed by atoms with Gasteiger partial charge in [-0.05, 0) is 36.8 Å².